The van der Waals surface area contributed by atoms with Crippen LogP contribution in [0.3, 0.4) is 0 Å². The van der Waals surface area contributed by atoms with Gasteiger partial charge in [0.1, 0.15) is 18.0 Å². The van der Waals surface area contributed by atoms with Gasteiger partial charge in [0.25, 0.3) is 0 Å². The zero-order valence-electron chi connectivity index (χ0n) is 11.0. The van der Waals surface area contributed by atoms with E-state index in [0.717, 1.165) is 18.8 Å². The van der Waals surface area contributed by atoms with Crippen molar-refractivity contribution in [3.63, 3.8) is 0 Å². The minimum atomic E-state index is 0.127. The van der Waals surface area contributed by atoms with Crippen molar-refractivity contribution < 1.29 is 0 Å². The number of rotatable bonds is 5. The minimum Gasteiger partial charge on any atom is -0.369 e. The molecule has 2 rings (SSSR count). The van der Waals surface area contributed by atoms with Crippen LogP contribution >= 0.6 is 0 Å². The van der Waals surface area contributed by atoms with Crippen LogP contribution in [0.15, 0.2) is 18.7 Å². The van der Waals surface area contributed by atoms with E-state index in [0.29, 0.717) is 12.2 Å². The van der Waals surface area contributed by atoms with Gasteiger partial charge in [-0.1, -0.05) is 6.92 Å². The Morgan fingerprint density at radius 3 is 2.65 bits per heavy atom. The summed E-state index contributed by atoms with van der Waals surface area (Å²) in [7, 11) is 0. The standard InChI is InChI=1S/C13H13N7/c1-2-3-16-13-7-17-10(6-18-13)8-20-9-19-11(4-14)12(20)5-15/h6-7,9H,2-3,8H2,1H3,(H,16,18). The number of aromatic nitrogens is 4. The lowest BCUT2D eigenvalue weighted by Crippen LogP contribution is -2.06. The first-order valence-electron chi connectivity index (χ1n) is 6.18. The average Bonchev–Trinajstić information content (AvgIpc) is 2.88. The van der Waals surface area contributed by atoms with Crippen molar-refractivity contribution in [3.8, 4) is 12.1 Å². The molecular formula is C13H13N7. The Balaban J connectivity index is 2.13. The molecule has 0 radical (unpaired) electrons. The van der Waals surface area contributed by atoms with Crippen LogP contribution in [0.4, 0.5) is 5.82 Å². The quantitative estimate of drug-likeness (QED) is 0.875. The molecule has 100 valence electrons. The number of nitriles is 2. The van der Waals surface area contributed by atoms with E-state index in [1.807, 2.05) is 12.1 Å². The summed E-state index contributed by atoms with van der Waals surface area (Å²) in [6.45, 7) is 3.28. The van der Waals surface area contributed by atoms with Gasteiger partial charge in [-0.05, 0) is 6.42 Å². The molecule has 0 aliphatic heterocycles. The molecule has 0 saturated carbocycles. The molecule has 0 aliphatic rings. The molecule has 0 unspecified atom stereocenters. The molecule has 0 aromatic carbocycles. The van der Waals surface area contributed by atoms with Crippen LogP contribution in [0.2, 0.25) is 0 Å². The highest BCUT2D eigenvalue weighted by Crippen LogP contribution is 2.08. The van der Waals surface area contributed by atoms with Crippen molar-refractivity contribution in [3.05, 3.63) is 35.8 Å². The molecule has 0 saturated heterocycles. The van der Waals surface area contributed by atoms with Crippen LogP contribution in [-0.2, 0) is 6.54 Å². The van der Waals surface area contributed by atoms with Crippen LogP contribution in [0.5, 0.6) is 0 Å². The minimum absolute atomic E-state index is 0.127. The summed E-state index contributed by atoms with van der Waals surface area (Å²) < 4.78 is 1.59. The summed E-state index contributed by atoms with van der Waals surface area (Å²) in [5.74, 6) is 0.722. The number of nitrogens with zero attached hydrogens (tertiary/aromatic N) is 6. The predicted molar refractivity (Wildman–Crippen MR) is 71.6 cm³/mol. The summed E-state index contributed by atoms with van der Waals surface area (Å²) in [4.78, 5) is 12.4. The van der Waals surface area contributed by atoms with Gasteiger partial charge in [0.05, 0.1) is 31.0 Å². The second-order valence-corrected chi connectivity index (χ2v) is 4.11. The fraction of sp³-hybridized carbons (Fsp3) is 0.308. The van der Waals surface area contributed by atoms with Crippen LogP contribution in [-0.4, -0.2) is 26.1 Å². The van der Waals surface area contributed by atoms with Gasteiger partial charge in [0.2, 0.25) is 0 Å². The summed E-state index contributed by atoms with van der Waals surface area (Å²) in [6.07, 6.45) is 5.77. The second-order valence-electron chi connectivity index (χ2n) is 4.11. The first kappa shape index (κ1) is 13.5. The average molecular weight is 267 g/mol. The van der Waals surface area contributed by atoms with E-state index in [-0.39, 0.29) is 11.4 Å². The maximum atomic E-state index is 9.03. The Hall–Kier alpha value is -2.93. The Bertz CT molecular complexity index is 658. The molecule has 0 fully saturated rings. The third kappa shape index (κ3) is 2.90. The number of hydrogen-bond acceptors (Lipinski definition) is 6. The summed E-state index contributed by atoms with van der Waals surface area (Å²) in [5.41, 5.74) is 1.06. The zero-order valence-corrected chi connectivity index (χ0v) is 11.0. The Morgan fingerprint density at radius 1 is 1.20 bits per heavy atom. The van der Waals surface area contributed by atoms with Gasteiger partial charge in [0, 0.05) is 6.54 Å². The summed E-state index contributed by atoms with van der Waals surface area (Å²) in [5, 5.41) is 21.0. The van der Waals surface area contributed by atoms with E-state index in [1.165, 1.54) is 6.33 Å². The van der Waals surface area contributed by atoms with Gasteiger partial charge < -0.3 is 9.88 Å². The zero-order chi connectivity index (χ0) is 14.4. The molecule has 0 aliphatic carbocycles. The SMILES string of the molecule is CCCNc1cnc(Cn2cnc(C#N)c2C#N)cn1. The van der Waals surface area contributed by atoms with E-state index in [2.05, 4.69) is 27.2 Å². The first-order valence-corrected chi connectivity index (χ1v) is 6.18. The lowest BCUT2D eigenvalue weighted by molar-refractivity contribution is 0.757. The molecule has 0 spiro atoms. The molecule has 2 aromatic heterocycles. The number of imidazole rings is 1. The molecule has 7 heteroatoms. The molecule has 7 nitrogen and oxygen atoms in total. The molecule has 0 bridgehead atoms. The largest absolute Gasteiger partial charge is 0.369 e. The van der Waals surface area contributed by atoms with Crippen LogP contribution in [0.25, 0.3) is 0 Å². The molecule has 1 N–H and O–H groups in total. The predicted octanol–water partition coefficient (Wildman–Crippen LogP) is 1.29. The van der Waals surface area contributed by atoms with Gasteiger partial charge in [0.15, 0.2) is 11.4 Å². The van der Waals surface area contributed by atoms with Gasteiger partial charge in [-0.3, -0.25) is 4.98 Å². The van der Waals surface area contributed by atoms with E-state index >= 15 is 0 Å². The van der Waals surface area contributed by atoms with Crippen molar-refractivity contribution in [2.24, 2.45) is 0 Å². The van der Waals surface area contributed by atoms with E-state index < -0.39 is 0 Å². The number of hydrogen-bond donors (Lipinski definition) is 1. The van der Waals surface area contributed by atoms with Crippen LogP contribution in [0.1, 0.15) is 30.4 Å². The lowest BCUT2D eigenvalue weighted by atomic mass is 10.3. The fourth-order valence-electron chi connectivity index (χ4n) is 1.66. The monoisotopic (exact) mass is 267 g/mol. The second kappa shape index (κ2) is 6.30. The van der Waals surface area contributed by atoms with Gasteiger partial charge >= 0.3 is 0 Å². The normalized spacial score (nSPS) is 9.75. The van der Waals surface area contributed by atoms with Gasteiger partial charge in [-0.25, -0.2) is 9.97 Å². The fourth-order valence-corrected chi connectivity index (χ4v) is 1.66. The summed E-state index contributed by atoms with van der Waals surface area (Å²) >= 11 is 0. The van der Waals surface area contributed by atoms with Gasteiger partial charge in [-0.15, -0.1) is 0 Å². The smallest absolute Gasteiger partial charge is 0.176 e. The molecule has 20 heavy (non-hydrogen) atoms. The van der Waals surface area contributed by atoms with Gasteiger partial charge in [-0.2, -0.15) is 10.5 Å². The Kier molecular flexibility index (Phi) is 4.25. The van der Waals surface area contributed by atoms with Crippen molar-refractivity contribution >= 4 is 5.82 Å². The summed E-state index contributed by atoms with van der Waals surface area (Å²) in [6, 6.07) is 3.86. The number of anilines is 1. The highest BCUT2D eigenvalue weighted by Gasteiger charge is 2.10. The molecule has 0 amide bonds. The third-order valence-electron chi connectivity index (χ3n) is 2.64. The van der Waals surface area contributed by atoms with Crippen LogP contribution < -0.4 is 5.32 Å². The number of nitrogens with one attached hydrogen (secondary N) is 1. The van der Waals surface area contributed by atoms with E-state index in [4.69, 9.17) is 10.5 Å². The maximum Gasteiger partial charge on any atom is 0.176 e. The molecule has 2 aromatic rings. The topological polar surface area (TPSA) is 103 Å². The van der Waals surface area contributed by atoms with E-state index in [1.54, 1.807) is 17.0 Å². The van der Waals surface area contributed by atoms with Crippen molar-refractivity contribution in [1.29, 1.82) is 10.5 Å². The molecular weight excluding hydrogens is 254 g/mol. The lowest BCUT2D eigenvalue weighted by Gasteiger charge is -2.05. The Morgan fingerprint density at radius 2 is 2.05 bits per heavy atom. The third-order valence-corrected chi connectivity index (χ3v) is 2.64. The van der Waals surface area contributed by atoms with Crippen molar-refractivity contribution in [1.82, 2.24) is 19.5 Å². The highest BCUT2D eigenvalue weighted by molar-refractivity contribution is 5.36. The first-order chi connectivity index (χ1) is 9.78. The highest BCUT2D eigenvalue weighted by atomic mass is 15.1. The van der Waals surface area contributed by atoms with E-state index in [9.17, 15) is 0 Å². The van der Waals surface area contributed by atoms with Crippen LogP contribution in [0, 0.1) is 22.7 Å². The van der Waals surface area contributed by atoms with Crippen molar-refractivity contribution in [2.75, 3.05) is 11.9 Å². The Labute approximate surface area is 116 Å². The molecule has 2 heterocycles. The van der Waals surface area contributed by atoms with Crippen molar-refractivity contribution in [2.45, 2.75) is 19.9 Å². The maximum absolute atomic E-state index is 9.03. The molecule has 0 atom stereocenters.